The van der Waals surface area contributed by atoms with E-state index in [0.717, 1.165) is 58.0 Å². The van der Waals surface area contributed by atoms with Crippen LogP contribution < -0.4 is 0 Å². The van der Waals surface area contributed by atoms with Crippen LogP contribution in [-0.4, -0.2) is 24.8 Å². The molecule has 3 nitrogen and oxygen atoms in total. The van der Waals surface area contributed by atoms with Gasteiger partial charge in [0.25, 0.3) is 0 Å². The van der Waals surface area contributed by atoms with Crippen molar-refractivity contribution in [3.8, 4) is 0 Å². The molecule has 1 heterocycles. The highest BCUT2D eigenvalue weighted by Gasteiger charge is 2.19. The number of ketones is 1. The Kier molecular flexibility index (Phi) is 13.4. The molecule has 0 aromatic rings. The van der Waals surface area contributed by atoms with Gasteiger partial charge in [-0.25, -0.2) is 0 Å². The molecule has 0 amide bonds. The molecular weight excluding hydrogens is 300 g/mol. The molecular formula is C21H40O3. The smallest absolute Gasteiger partial charge is 0.157 e. The average Bonchev–Trinajstić information content (AvgIpc) is 2.61. The van der Waals surface area contributed by atoms with Gasteiger partial charge in [0.15, 0.2) is 6.29 Å². The molecule has 24 heavy (non-hydrogen) atoms. The number of Topliss-reactive ketones (excluding diaryl/α,β-unsaturated/α-hetero) is 1. The van der Waals surface area contributed by atoms with Crippen LogP contribution in [-0.2, 0) is 14.3 Å². The molecule has 1 aliphatic rings. The van der Waals surface area contributed by atoms with Gasteiger partial charge in [-0.1, -0.05) is 52.4 Å². The van der Waals surface area contributed by atoms with E-state index in [9.17, 15) is 4.79 Å². The zero-order valence-electron chi connectivity index (χ0n) is 16.2. The Morgan fingerprint density at radius 2 is 1.67 bits per heavy atom. The maximum atomic E-state index is 11.9. The lowest BCUT2D eigenvalue weighted by atomic mass is 10.0. The number of hydrogen-bond acceptors (Lipinski definition) is 3. The first-order valence-electron chi connectivity index (χ1n) is 10.5. The van der Waals surface area contributed by atoms with Crippen molar-refractivity contribution >= 4 is 5.78 Å². The van der Waals surface area contributed by atoms with E-state index in [0.29, 0.717) is 11.9 Å². The van der Waals surface area contributed by atoms with Gasteiger partial charge in [-0.05, 0) is 44.9 Å². The highest BCUT2D eigenvalue weighted by Crippen LogP contribution is 2.21. The monoisotopic (exact) mass is 340 g/mol. The van der Waals surface area contributed by atoms with E-state index in [2.05, 4.69) is 13.8 Å². The predicted octanol–water partition coefficient (Wildman–Crippen LogP) is 6.19. The summed E-state index contributed by atoms with van der Waals surface area (Å²) in [6.07, 6.45) is 16.8. The summed E-state index contributed by atoms with van der Waals surface area (Å²) in [5.41, 5.74) is 0. The second kappa shape index (κ2) is 14.9. The van der Waals surface area contributed by atoms with Gasteiger partial charge in [-0.3, -0.25) is 4.79 Å². The largest absolute Gasteiger partial charge is 0.353 e. The molecule has 2 atom stereocenters. The Labute approximate surface area is 149 Å². The van der Waals surface area contributed by atoms with E-state index in [1.54, 1.807) is 0 Å². The van der Waals surface area contributed by atoms with Crippen LogP contribution in [0.5, 0.6) is 0 Å². The molecule has 142 valence electrons. The first kappa shape index (κ1) is 21.6. The van der Waals surface area contributed by atoms with Crippen molar-refractivity contribution in [2.45, 2.75) is 123 Å². The molecule has 1 fully saturated rings. The van der Waals surface area contributed by atoms with Crippen molar-refractivity contribution in [2.75, 3.05) is 6.61 Å². The van der Waals surface area contributed by atoms with Crippen LogP contribution in [0, 0.1) is 0 Å². The van der Waals surface area contributed by atoms with Crippen molar-refractivity contribution in [3.63, 3.8) is 0 Å². The van der Waals surface area contributed by atoms with Crippen molar-refractivity contribution in [2.24, 2.45) is 0 Å². The summed E-state index contributed by atoms with van der Waals surface area (Å²) in [6.45, 7) is 5.28. The fourth-order valence-corrected chi connectivity index (χ4v) is 3.31. The number of hydrogen-bond donors (Lipinski definition) is 0. The summed E-state index contributed by atoms with van der Waals surface area (Å²) in [5.74, 6) is 0.452. The second-order valence-corrected chi connectivity index (χ2v) is 7.29. The Balaban J connectivity index is 2.13. The van der Waals surface area contributed by atoms with Crippen molar-refractivity contribution in [1.29, 1.82) is 0 Å². The topological polar surface area (TPSA) is 35.5 Å². The van der Waals surface area contributed by atoms with Crippen LogP contribution in [0.2, 0.25) is 0 Å². The van der Waals surface area contributed by atoms with E-state index in [1.165, 1.54) is 44.9 Å². The standard InChI is InChI=1S/C21H40O3/c1-3-5-7-8-13-19(22)14-9-10-16-20(15-6-4-2)24-21-17-11-12-18-23-21/h20-21H,3-18H2,1-2H3. The summed E-state index contributed by atoms with van der Waals surface area (Å²) in [5, 5.41) is 0. The molecule has 0 bridgehead atoms. The average molecular weight is 341 g/mol. The molecule has 0 aromatic carbocycles. The summed E-state index contributed by atoms with van der Waals surface area (Å²) in [7, 11) is 0. The Hall–Kier alpha value is -0.410. The van der Waals surface area contributed by atoms with Crippen molar-refractivity contribution < 1.29 is 14.3 Å². The maximum Gasteiger partial charge on any atom is 0.157 e. The molecule has 0 aromatic heterocycles. The molecule has 1 rings (SSSR count). The fraction of sp³-hybridized carbons (Fsp3) is 0.952. The highest BCUT2D eigenvalue weighted by atomic mass is 16.7. The molecule has 1 saturated heterocycles. The molecule has 3 heteroatoms. The van der Waals surface area contributed by atoms with E-state index in [4.69, 9.17) is 9.47 Å². The number of carbonyl (C=O) groups is 1. The lowest BCUT2D eigenvalue weighted by molar-refractivity contribution is -0.190. The second-order valence-electron chi connectivity index (χ2n) is 7.29. The van der Waals surface area contributed by atoms with Crippen molar-refractivity contribution in [1.82, 2.24) is 0 Å². The first-order chi connectivity index (χ1) is 11.8. The lowest BCUT2D eigenvalue weighted by Gasteiger charge is -2.28. The molecule has 0 saturated carbocycles. The van der Waals surface area contributed by atoms with E-state index >= 15 is 0 Å². The van der Waals surface area contributed by atoms with Gasteiger partial charge in [-0.2, -0.15) is 0 Å². The van der Waals surface area contributed by atoms with Gasteiger partial charge in [-0.15, -0.1) is 0 Å². The van der Waals surface area contributed by atoms with E-state index < -0.39 is 0 Å². The molecule has 0 spiro atoms. The fourth-order valence-electron chi connectivity index (χ4n) is 3.31. The van der Waals surface area contributed by atoms with Gasteiger partial charge < -0.3 is 9.47 Å². The Morgan fingerprint density at radius 3 is 2.33 bits per heavy atom. The molecule has 0 N–H and O–H groups in total. The summed E-state index contributed by atoms with van der Waals surface area (Å²) >= 11 is 0. The Bertz CT molecular complexity index is 297. The van der Waals surface area contributed by atoms with Crippen LogP contribution in [0.25, 0.3) is 0 Å². The summed E-state index contributed by atoms with van der Waals surface area (Å²) in [6, 6.07) is 0. The zero-order valence-corrected chi connectivity index (χ0v) is 16.2. The quantitative estimate of drug-likeness (QED) is 0.333. The predicted molar refractivity (Wildman–Crippen MR) is 100 cm³/mol. The van der Waals surface area contributed by atoms with Crippen LogP contribution in [0.4, 0.5) is 0 Å². The lowest BCUT2D eigenvalue weighted by Crippen LogP contribution is -2.28. The molecule has 1 aliphatic heterocycles. The van der Waals surface area contributed by atoms with Crippen LogP contribution in [0.3, 0.4) is 0 Å². The molecule has 0 radical (unpaired) electrons. The van der Waals surface area contributed by atoms with E-state index in [1.807, 2.05) is 0 Å². The van der Waals surface area contributed by atoms with Gasteiger partial charge >= 0.3 is 0 Å². The first-order valence-corrected chi connectivity index (χ1v) is 10.5. The minimum Gasteiger partial charge on any atom is -0.353 e. The van der Waals surface area contributed by atoms with Gasteiger partial charge in [0, 0.05) is 19.4 Å². The van der Waals surface area contributed by atoms with Crippen LogP contribution in [0.15, 0.2) is 0 Å². The van der Waals surface area contributed by atoms with Crippen molar-refractivity contribution in [3.05, 3.63) is 0 Å². The Morgan fingerprint density at radius 1 is 0.958 bits per heavy atom. The minimum atomic E-state index is 0.0146. The normalized spacial score (nSPS) is 19.3. The van der Waals surface area contributed by atoms with Gasteiger partial charge in [0.05, 0.1) is 6.10 Å². The minimum absolute atomic E-state index is 0.0146. The number of carbonyl (C=O) groups excluding carboxylic acids is 1. The summed E-state index contributed by atoms with van der Waals surface area (Å²) in [4.78, 5) is 11.9. The molecule has 0 aliphatic carbocycles. The third-order valence-electron chi connectivity index (χ3n) is 4.90. The summed E-state index contributed by atoms with van der Waals surface area (Å²) < 4.78 is 11.9. The van der Waals surface area contributed by atoms with E-state index in [-0.39, 0.29) is 6.29 Å². The van der Waals surface area contributed by atoms with Gasteiger partial charge in [0.2, 0.25) is 0 Å². The van der Waals surface area contributed by atoms with Crippen LogP contribution >= 0.6 is 0 Å². The number of unbranched alkanes of at least 4 members (excludes halogenated alkanes) is 5. The number of rotatable bonds is 15. The SMILES string of the molecule is CCCCCCC(=O)CCCCC(CCCC)OC1CCCCO1. The molecule has 2 unspecified atom stereocenters. The number of ether oxygens (including phenoxy) is 2. The van der Waals surface area contributed by atoms with Gasteiger partial charge in [0.1, 0.15) is 5.78 Å². The third kappa shape index (κ3) is 11.2. The van der Waals surface area contributed by atoms with Crippen LogP contribution in [0.1, 0.15) is 110 Å². The maximum absolute atomic E-state index is 11.9. The zero-order chi connectivity index (χ0) is 17.5. The third-order valence-corrected chi connectivity index (χ3v) is 4.90. The highest BCUT2D eigenvalue weighted by molar-refractivity contribution is 5.78.